The van der Waals surface area contributed by atoms with E-state index in [1.807, 2.05) is 19.3 Å². The van der Waals surface area contributed by atoms with Crippen molar-refractivity contribution < 1.29 is 29.1 Å². The lowest BCUT2D eigenvalue weighted by atomic mass is 10.0. The lowest BCUT2D eigenvalue weighted by Crippen LogP contribution is -2.59. The third-order valence-electron chi connectivity index (χ3n) is 4.64. The molecular formula is C21H32N6O6. The molecule has 0 aliphatic rings. The summed E-state index contributed by atoms with van der Waals surface area (Å²) in [4.78, 5) is 61.5. The van der Waals surface area contributed by atoms with Crippen molar-refractivity contribution in [2.45, 2.75) is 57.8 Å². The van der Waals surface area contributed by atoms with Gasteiger partial charge in [-0.2, -0.15) is 0 Å². The molecule has 0 saturated carbocycles. The highest BCUT2D eigenvalue weighted by Crippen LogP contribution is 2.08. The molecule has 0 aliphatic carbocycles. The van der Waals surface area contributed by atoms with Crippen LogP contribution in [0.5, 0.6) is 0 Å². The number of aliphatic hydroxyl groups is 1. The number of benzene rings is 1. The van der Waals surface area contributed by atoms with Gasteiger partial charge in [0.2, 0.25) is 23.6 Å². The van der Waals surface area contributed by atoms with Gasteiger partial charge in [0.15, 0.2) is 0 Å². The zero-order valence-electron chi connectivity index (χ0n) is 18.8. The number of rotatable bonds is 12. The minimum Gasteiger partial charge on any atom is -0.391 e. The van der Waals surface area contributed by atoms with Crippen molar-refractivity contribution in [3.63, 3.8) is 0 Å². The second-order valence-electron chi connectivity index (χ2n) is 7.98. The maximum absolute atomic E-state index is 12.9. The summed E-state index contributed by atoms with van der Waals surface area (Å²) >= 11 is 0. The van der Waals surface area contributed by atoms with Crippen LogP contribution in [0.15, 0.2) is 30.3 Å². The summed E-state index contributed by atoms with van der Waals surface area (Å²) < 4.78 is 0. The monoisotopic (exact) mass is 464 g/mol. The number of aliphatic hydroxyl groups excluding tert-OH is 1. The van der Waals surface area contributed by atoms with Crippen LogP contribution in [0, 0.1) is 5.92 Å². The minimum absolute atomic E-state index is 0.0515. The first-order valence-corrected chi connectivity index (χ1v) is 10.4. The first-order valence-electron chi connectivity index (χ1n) is 10.4. The quantitative estimate of drug-likeness (QED) is 0.106. The van der Waals surface area contributed by atoms with Crippen molar-refractivity contribution in [3.8, 4) is 0 Å². The van der Waals surface area contributed by atoms with Crippen LogP contribution in [0.25, 0.3) is 0 Å². The van der Waals surface area contributed by atoms with Crippen LogP contribution < -0.4 is 33.0 Å². The fourth-order valence-electron chi connectivity index (χ4n) is 2.94. The Bertz CT molecular complexity index is 845. The lowest BCUT2D eigenvalue weighted by molar-refractivity contribution is -0.134. The summed E-state index contributed by atoms with van der Waals surface area (Å²) in [7, 11) is 0. The molecule has 0 bridgehead atoms. The van der Waals surface area contributed by atoms with Crippen molar-refractivity contribution in [1.82, 2.24) is 21.4 Å². The maximum atomic E-state index is 12.9. The molecule has 1 aromatic carbocycles. The zero-order chi connectivity index (χ0) is 25.1. The van der Waals surface area contributed by atoms with Gasteiger partial charge in [-0.05, 0) is 31.4 Å². The average Bonchev–Trinajstić information content (AvgIpc) is 2.75. The summed E-state index contributed by atoms with van der Waals surface area (Å²) in [5.74, 6) is 1.24. The van der Waals surface area contributed by atoms with Gasteiger partial charge < -0.3 is 26.8 Å². The Hall–Kier alpha value is -3.51. The van der Waals surface area contributed by atoms with Crippen molar-refractivity contribution in [2.24, 2.45) is 17.5 Å². The van der Waals surface area contributed by atoms with Gasteiger partial charge >= 0.3 is 0 Å². The molecule has 0 heterocycles. The molecule has 5 amide bonds. The normalized spacial score (nSPS) is 14.4. The van der Waals surface area contributed by atoms with Gasteiger partial charge in [0.05, 0.1) is 12.5 Å². The number of carbonyl (C=O) groups excluding carboxylic acids is 5. The largest absolute Gasteiger partial charge is 0.391 e. The molecule has 9 N–H and O–H groups in total. The molecule has 0 unspecified atom stereocenters. The molecule has 1 rings (SSSR count). The number of nitrogens with one attached hydrogen (secondary N) is 4. The minimum atomic E-state index is -1.36. The van der Waals surface area contributed by atoms with E-state index in [1.165, 1.54) is 19.1 Å². The van der Waals surface area contributed by atoms with Gasteiger partial charge in [-0.1, -0.05) is 32.0 Å². The van der Waals surface area contributed by atoms with Gasteiger partial charge in [-0.25, -0.2) is 5.84 Å². The van der Waals surface area contributed by atoms with Crippen LogP contribution >= 0.6 is 0 Å². The molecule has 4 atom stereocenters. The van der Waals surface area contributed by atoms with E-state index in [-0.39, 0.29) is 17.9 Å². The topological polar surface area (TPSA) is 206 Å². The highest BCUT2D eigenvalue weighted by molar-refractivity contribution is 6.00. The number of carbonyl (C=O) groups is 5. The number of hydrazine groups is 1. The van der Waals surface area contributed by atoms with E-state index < -0.39 is 60.2 Å². The van der Waals surface area contributed by atoms with Crippen LogP contribution in [0.2, 0.25) is 0 Å². The van der Waals surface area contributed by atoms with Crippen molar-refractivity contribution >= 4 is 29.5 Å². The van der Waals surface area contributed by atoms with E-state index in [0.717, 1.165) is 0 Å². The molecule has 33 heavy (non-hydrogen) atoms. The summed E-state index contributed by atoms with van der Waals surface area (Å²) in [6.07, 6.45) is -1.56. The summed E-state index contributed by atoms with van der Waals surface area (Å²) in [6.45, 7) is 4.90. The predicted octanol–water partition coefficient (Wildman–Crippen LogP) is -1.95. The molecule has 12 heteroatoms. The highest BCUT2D eigenvalue weighted by atomic mass is 16.3. The lowest BCUT2D eigenvalue weighted by Gasteiger charge is -2.26. The average molecular weight is 465 g/mol. The first kappa shape index (κ1) is 27.5. The molecular weight excluding hydrogens is 432 g/mol. The zero-order valence-corrected chi connectivity index (χ0v) is 18.8. The number of hydrogen-bond acceptors (Lipinski definition) is 7. The van der Waals surface area contributed by atoms with Crippen molar-refractivity contribution in [1.29, 1.82) is 0 Å². The van der Waals surface area contributed by atoms with E-state index >= 15 is 0 Å². The molecule has 12 nitrogen and oxygen atoms in total. The first-order chi connectivity index (χ1) is 15.5. The number of nitrogens with two attached hydrogens (primary N) is 2. The predicted molar refractivity (Wildman–Crippen MR) is 119 cm³/mol. The molecule has 0 aromatic heterocycles. The fraction of sp³-hybridized carbons (Fsp3) is 0.476. The Balaban J connectivity index is 3.05. The maximum Gasteiger partial charge on any atom is 0.251 e. The molecule has 0 radical (unpaired) electrons. The van der Waals surface area contributed by atoms with Crippen LogP contribution in [0.1, 0.15) is 44.0 Å². The summed E-state index contributed by atoms with van der Waals surface area (Å²) in [6, 6.07) is 4.21. The Morgan fingerprint density at radius 3 is 1.97 bits per heavy atom. The fourth-order valence-corrected chi connectivity index (χ4v) is 2.94. The Morgan fingerprint density at radius 1 is 0.909 bits per heavy atom. The standard InChI is InChI=1S/C21H32N6O6/c1-11(2)9-14(21(33)26-17(12(3)28)18(22)30)25-20(32)15(10-16(29)27-23)24-19(31)13-7-5-4-6-8-13/h4-8,11-12,14-15,17,28H,9-10,23H2,1-3H3,(H2,22,30)(H,24,31)(H,25,32)(H,26,33)(H,27,29)/t12-,14+,15+,17+/m1/s1. The van der Waals surface area contributed by atoms with E-state index in [1.54, 1.807) is 18.2 Å². The number of hydrogen-bond donors (Lipinski definition) is 7. The van der Waals surface area contributed by atoms with E-state index in [0.29, 0.717) is 0 Å². The second kappa shape index (κ2) is 13.1. The summed E-state index contributed by atoms with van der Waals surface area (Å²) in [5, 5.41) is 17.0. The molecule has 1 aromatic rings. The molecule has 0 aliphatic heterocycles. The third-order valence-corrected chi connectivity index (χ3v) is 4.64. The highest BCUT2D eigenvalue weighted by Gasteiger charge is 2.31. The smallest absolute Gasteiger partial charge is 0.251 e. The third kappa shape index (κ3) is 9.25. The molecule has 182 valence electrons. The SMILES string of the molecule is CC(C)C[C@H](NC(=O)[C@H](CC(=O)NN)NC(=O)c1ccccc1)C(=O)N[C@H](C(N)=O)[C@@H](C)O. The Kier molecular flexibility index (Phi) is 11.0. The molecule has 0 fully saturated rings. The number of primary amides is 1. The van der Waals surface area contributed by atoms with Gasteiger partial charge in [-0.15, -0.1) is 0 Å². The van der Waals surface area contributed by atoms with Crippen LogP contribution in [0.3, 0.4) is 0 Å². The van der Waals surface area contributed by atoms with Crippen LogP contribution in [-0.2, 0) is 19.2 Å². The Morgan fingerprint density at radius 2 is 1.48 bits per heavy atom. The van der Waals surface area contributed by atoms with Gasteiger partial charge in [0.25, 0.3) is 5.91 Å². The second-order valence-corrected chi connectivity index (χ2v) is 7.98. The van der Waals surface area contributed by atoms with E-state index in [9.17, 15) is 29.1 Å². The molecule has 0 spiro atoms. The van der Waals surface area contributed by atoms with Crippen molar-refractivity contribution in [3.05, 3.63) is 35.9 Å². The van der Waals surface area contributed by atoms with Crippen LogP contribution in [-0.4, -0.2) is 58.9 Å². The van der Waals surface area contributed by atoms with Gasteiger partial charge in [0.1, 0.15) is 18.1 Å². The van der Waals surface area contributed by atoms with Gasteiger partial charge in [-0.3, -0.25) is 29.4 Å². The van der Waals surface area contributed by atoms with E-state index in [2.05, 4.69) is 16.0 Å². The Labute approximate surface area is 191 Å². The van der Waals surface area contributed by atoms with Gasteiger partial charge in [0, 0.05) is 5.56 Å². The van der Waals surface area contributed by atoms with Crippen LogP contribution in [0.4, 0.5) is 0 Å². The van der Waals surface area contributed by atoms with Crippen molar-refractivity contribution in [2.75, 3.05) is 0 Å². The van der Waals surface area contributed by atoms with E-state index in [4.69, 9.17) is 11.6 Å². The number of amides is 5. The summed E-state index contributed by atoms with van der Waals surface area (Å²) in [5.41, 5.74) is 7.37. The molecule has 0 saturated heterocycles.